The van der Waals surface area contributed by atoms with Gasteiger partial charge in [0.25, 0.3) is 0 Å². The Morgan fingerprint density at radius 2 is 1.18 bits per heavy atom. The van der Waals surface area contributed by atoms with Gasteiger partial charge in [-0.25, -0.2) is 0 Å². The van der Waals surface area contributed by atoms with Crippen LogP contribution in [0.25, 0.3) is 0 Å². The van der Waals surface area contributed by atoms with Crippen LogP contribution in [0, 0.1) is 0 Å². The predicted molar refractivity (Wildman–Crippen MR) is 157 cm³/mol. The van der Waals surface area contributed by atoms with Crippen LogP contribution in [-0.2, 0) is 35.5 Å². The van der Waals surface area contributed by atoms with Crippen molar-refractivity contribution in [2.75, 3.05) is 10.6 Å². The molecule has 40 heavy (non-hydrogen) atoms. The molecule has 0 aliphatic heterocycles. The maximum Gasteiger partial charge on any atom is 0.230 e. The minimum Gasteiger partial charge on any atom is -0.326 e. The lowest BCUT2D eigenvalue weighted by atomic mass is 9.82. The van der Waals surface area contributed by atoms with Crippen molar-refractivity contribution < 1.29 is 9.59 Å². The van der Waals surface area contributed by atoms with Gasteiger partial charge in [-0.15, -0.1) is 20.4 Å². The van der Waals surface area contributed by atoms with E-state index in [1.54, 1.807) is 0 Å². The zero-order valence-corrected chi connectivity index (χ0v) is 23.6. The van der Waals surface area contributed by atoms with E-state index in [4.69, 9.17) is 11.5 Å². The molecule has 2 heterocycles. The highest BCUT2D eigenvalue weighted by Crippen LogP contribution is 2.43. The van der Waals surface area contributed by atoms with E-state index >= 15 is 0 Å². The van der Waals surface area contributed by atoms with E-state index in [1.807, 2.05) is 48.5 Å². The van der Waals surface area contributed by atoms with Crippen LogP contribution in [0.4, 0.5) is 10.3 Å². The summed E-state index contributed by atoms with van der Waals surface area (Å²) < 4.78 is 0. The van der Waals surface area contributed by atoms with E-state index in [-0.39, 0.29) is 36.5 Å². The Bertz CT molecular complexity index is 1360. The molecule has 0 saturated heterocycles. The number of nitrogens with zero attached hydrogens (tertiary/aromatic N) is 4. The van der Waals surface area contributed by atoms with Gasteiger partial charge in [0.15, 0.2) is 0 Å². The number of benzene rings is 2. The number of carbonyl (C=O) groups is 2. The number of anilines is 2. The summed E-state index contributed by atoms with van der Waals surface area (Å²) in [5, 5.41) is 25.9. The summed E-state index contributed by atoms with van der Waals surface area (Å²) in [6, 6.07) is 15.4. The second kappa shape index (κ2) is 13.2. The highest BCUT2D eigenvalue weighted by atomic mass is 32.1. The molecule has 0 bridgehead atoms. The van der Waals surface area contributed by atoms with Crippen LogP contribution in [0.3, 0.4) is 0 Å². The zero-order valence-electron chi connectivity index (χ0n) is 22.0. The van der Waals surface area contributed by atoms with Gasteiger partial charge < -0.3 is 22.1 Å². The van der Waals surface area contributed by atoms with Crippen molar-refractivity contribution in [2.45, 2.75) is 63.5 Å². The van der Waals surface area contributed by atoms with Crippen molar-refractivity contribution in [3.05, 3.63) is 80.8 Å². The van der Waals surface area contributed by atoms with Gasteiger partial charge in [0.1, 0.15) is 10.0 Å². The number of rotatable bonds is 10. The maximum atomic E-state index is 12.6. The monoisotopic (exact) mass is 576 g/mol. The fourth-order valence-electron chi connectivity index (χ4n) is 4.97. The summed E-state index contributed by atoms with van der Waals surface area (Å²) in [6.45, 7) is 0.879. The summed E-state index contributed by atoms with van der Waals surface area (Å²) in [7, 11) is 0. The molecule has 1 aliphatic carbocycles. The molecule has 208 valence electrons. The molecule has 1 saturated carbocycles. The van der Waals surface area contributed by atoms with Crippen molar-refractivity contribution in [3.63, 3.8) is 0 Å². The molecule has 2 atom stereocenters. The molecule has 2 aromatic heterocycles. The summed E-state index contributed by atoms with van der Waals surface area (Å²) in [6.07, 6.45) is 4.44. The molecule has 10 nitrogen and oxygen atoms in total. The van der Waals surface area contributed by atoms with Crippen LogP contribution in [-0.4, -0.2) is 32.2 Å². The van der Waals surface area contributed by atoms with Crippen LogP contribution in [0.1, 0.15) is 69.8 Å². The van der Waals surface area contributed by atoms with Gasteiger partial charge in [-0.05, 0) is 41.5 Å². The third-order valence-corrected chi connectivity index (χ3v) is 8.93. The van der Waals surface area contributed by atoms with Crippen molar-refractivity contribution in [3.8, 4) is 0 Å². The van der Waals surface area contributed by atoms with Crippen molar-refractivity contribution >= 4 is 44.8 Å². The van der Waals surface area contributed by atoms with Gasteiger partial charge in [0.2, 0.25) is 22.1 Å². The largest absolute Gasteiger partial charge is 0.326 e. The van der Waals surface area contributed by atoms with Crippen molar-refractivity contribution in [1.29, 1.82) is 0 Å². The lowest BCUT2D eigenvalue weighted by Crippen LogP contribution is -2.14. The third kappa shape index (κ3) is 7.33. The Hall–Kier alpha value is -3.58. The molecule has 0 radical (unpaired) electrons. The average molecular weight is 577 g/mol. The fraction of sp³-hybridized carbons (Fsp3) is 0.357. The van der Waals surface area contributed by atoms with E-state index in [0.717, 1.165) is 58.0 Å². The van der Waals surface area contributed by atoms with Gasteiger partial charge in [-0.1, -0.05) is 77.6 Å². The molecule has 12 heteroatoms. The molecule has 1 aliphatic rings. The Morgan fingerprint density at radius 3 is 1.62 bits per heavy atom. The number of hydrogen-bond acceptors (Lipinski definition) is 10. The highest BCUT2D eigenvalue weighted by Gasteiger charge is 2.29. The predicted octanol–water partition coefficient (Wildman–Crippen LogP) is 4.11. The lowest BCUT2D eigenvalue weighted by molar-refractivity contribution is -0.116. The van der Waals surface area contributed by atoms with E-state index in [1.165, 1.54) is 22.7 Å². The number of carbonyl (C=O) groups excluding carboxylic acids is 2. The summed E-state index contributed by atoms with van der Waals surface area (Å²) in [5.41, 5.74) is 15.2. The molecule has 4 aromatic rings. The van der Waals surface area contributed by atoms with Crippen LogP contribution in [0.2, 0.25) is 0 Å². The lowest BCUT2D eigenvalue weighted by Gasteiger charge is -2.25. The first-order chi connectivity index (χ1) is 19.5. The molecular formula is C28H32N8O2S2. The molecule has 2 amide bonds. The quantitative estimate of drug-likeness (QED) is 0.219. The van der Waals surface area contributed by atoms with E-state index < -0.39 is 0 Å². The zero-order chi connectivity index (χ0) is 27.9. The molecular weight excluding hydrogens is 544 g/mol. The first-order valence-corrected chi connectivity index (χ1v) is 14.9. The normalized spacial score (nSPS) is 16.9. The minimum absolute atomic E-state index is 0.131. The fourth-order valence-corrected chi connectivity index (χ4v) is 6.78. The van der Waals surface area contributed by atoms with Gasteiger partial charge in [-0.3, -0.25) is 9.59 Å². The third-order valence-electron chi connectivity index (χ3n) is 6.93. The summed E-state index contributed by atoms with van der Waals surface area (Å²) in [5.74, 6) is 0.211. The van der Waals surface area contributed by atoms with Crippen LogP contribution in [0.5, 0.6) is 0 Å². The number of hydrogen-bond donors (Lipinski definition) is 4. The molecule has 6 N–H and O–H groups in total. The second-order valence-corrected chi connectivity index (χ2v) is 12.0. The maximum absolute atomic E-state index is 12.6. The number of aromatic nitrogens is 4. The summed E-state index contributed by atoms with van der Waals surface area (Å²) >= 11 is 2.86. The molecule has 5 rings (SSSR count). The minimum atomic E-state index is -0.131. The van der Waals surface area contributed by atoms with Gasteiger partial charge in [-0.2, -0.15) is 0 Å². The summed E-state index contributed by atoms with van der Waals surface area (Å²) in [4.78, 5) is 25.1. The van der Waals surface area contributed by atoms with Crippen molar-refractivity contribution in [2.24, 2.45) is 11.5 Å². The number of amides is 2. The van der Waals surface area contributed by atoms with Crippen LogP contribution >= 0.6 is 22.7 Å². The Morgan fingerprint density at radius 1 is 0.725 bits per heavy atom. The second-order valence-electron chi connectivity index (χ2n) is 9.95. The van der Waals surface area contributed by atoms with Gasteiger partial charge in [0.05, 0.1) is 12.8 Å². The van der Waals surface area contributed by atoms with Crippen LogP contribution in [0.15, 0.2) is 48.5 Å². The Labute approximate surface area is 240 Å². The standard InChI is InChI=1S/C28H32N8O2S2/c29-15-19-6-1-4-17(10-19)12-23(37)31-27-35-33-25(39-27)21-8-3-9-22(14-21)26-34-36-28(40-26)32-24(38)13-18-5-2-7-20(11-18)16-30/h1-2,4-7,10-11,21-22H,3,8-9,12-16,29-30H2,(H,31,35,37)(H,32,36,38). The number of nitrogens with two attached hydrogens (primary N) is 2. The van der Waals surface area contributed by atoms with Gasteiger partial charge in [0, 0.05) is 24.9 Å². The number of nitrogens with one attached hydrogen (secondary N) is 2. The van der Waals surface area contributed by atoms with E-state index in [9.17, 15) is 9.59 Å². The van der Waals surface area contributed by atoms with Gasteiger partial charge >= 0.3 is 0 Å². The van der Waals surface area contributed by atoms with E-state index in [0.29, 0.717) is 23.4 Å². The molecule has 2 unspecified atom stereocenters. The highest BCUT2D eigenvalue weighted by molar-refractivity contribution is 7.15. The smallest absolute Gasteiger partial charge is 0.230 e. The molecule has 0 spiro atoms. The topological polar surface area (TPSA) is 162 Å². The van der Waals surface area contributed by atoms with Crippen LogP contribution < -0.4 is 22.1 Å². The SMILES string of the molecule is NCc1cccc(CC(=O)Nc2nnc(C3CCCC(c4nnc(NC(=O)Cc5cccc(CN)c5)s4)C3)s2)c1. The Balaban J connectivity index is 1.14. The van der Waals surface area contributed by atoms with E-state index in [2.05, 4.69) is 31.0 Å². The Kier molecular flexibility index (Phi) is 9.22. The first-order valence-electron chi connectivity index (χ1n) is 13.3. The molecule has 1 fully saturated rings. The first kappa shape index (κ1) is 28.0. The van der Waals surface area contributed by atoms with Crippen molar-refractivity contribution in [1.82, 2.24) is 20.4 Å². The molecule has 2 aromatic carbocycles. The average Bonchev–Trinajstić information content (AvgIpc) is 3.63.